The van der Waals surface area contributed by atoms with Gasteiger partial charge in [-0.1, -0.05) is 6.92 Å². The minimum Gasteiger partial charge on any atom is -0.327 e. The third kappa shape index (κ3) is 3.55. The summed E-state index contributed by atoms with van der Waals surface area (Å²) in [6, 6.07) is 6.03. The van der Waals surface area contributed by atoms with Crippen LogP contribution in [0.25, 0.3) is 11.0 Å². The second kappa shape index (κ2) is 7.13. The number of carbonyl (C=O) groups excluding carboxylic acids is 1. The van der Waals surface area contributed by atoms with Crippen LogP contribution in [0.5, 0.6) is 0 Å². The molecule has 0 radical (unpaired) electrons. The Hall–Kier alpha value is -1.88. The quantitative estimate of drug-likeness (QED) is 0.889. The van der Waals surface area contributed by atoms with Crippen LogP contribution in [0.4, 0.5) is 5.69 Å². The van der Waals surface area contributed by atoms with Gasteiger partial charge in [0.05, 0.1) is 17.6 Å². The van der Waals surface area contributed by atoms with Crippen LogP contribution in [0.2, 0.25) is 0 Å². The Kier molecular flexibility index (Phi) is 4.96. The van der Waals surface area contributed by atoms with Gasteiger partial charge in [0.25, 0.3) is 0 Å². The van der Waals surface area contributed by atoms with E-state index in [4.69, 9.17) is 4.98 Å². The van der Waals surface area contributed by atoms with Gasteiger partial charge in [0.1, 0.15) is 5.82 Å². The molecule has 2 heterocycles. The standard InChI is InChI=1S/C18H26N4O/c1-3-7-18(23)19-14-8-9-16-15(12-14)20-17(22(16)4-2)13-21-10-5-6-11-21/h8-9,12H,3-7,10-11,13H2,1-2H3,(H,19,23). The van der Waals surface area contributed by atoms with Crippen LogP contribution in [0.15, 0.2) is 18.2 Å². The van der Waals surface area contributed by atoms with E-state index < -0.39 is 0 Å². The highest BCUT2D eigenvalue weighted by molar-refractivity contribution is 5.93. The minimum atomic E-state index is 0.0686. The number of amides is 1. The van der Waals surface area contributed by atoms with Gasteiger partial charge in [-0.15, -0.1) is 0 Å². The summed E-state index contributed by atoms with van der Waals surface area (Å²) in [5.74, 6) is 1.19. The number of aromatic nitrogens is 2. The van der Waals surface area contributed by atoms with Gasteiger partial charge in [0.15, 0.2) is 0 Å². The Morgan fingerprint density at radius 2 is 2.04 bits per heavy atom. The number of nitrogens with zero attached hydrogens (tertiary/aromatic N) is 3. The number of hydrogen-bond donors (Lipinski definition) is 1. The molecule has 1 aliphatic rings. The molecule has 1 fully saturated rings. The molecule has 1 amide bonds. The van der Waals surface area contributed by atoms with E-state index in [2.05, 4.69) is 27.8 Å². The van der Waals surface area contributed by atoms with Gasteiger partial charge in [0.2, 0.25) is 5.91 Å². The highest BCUT2D eigenvalue weighted by Gasteiger charge is 2.17. The molecule has 0 bridgehead atoms. The first-order valence-corrected chi connectivity index (χ1v) is 8.72. The van der Waals surface area contributed by atoms with E-state index in [1.807, 2.05) is 19.1 Å². The van der Waals surface area contributed by atoms with Crippen molar-refractivity contribution in [1.82, 2.24) is 14.5 Å². The lowest BCUT2D eigenvalue weighted by molar-refractivity contribution is -0.116. The molecule has 1 N–H and O–H groups in total. The number of imidazole rings is 1. The van der Waals surface area contributed by atoms with E-state index in [0.717, 1.165) is 42.1 Å². The van der Waals surface area contributed by atoms with E-state index >= 15 is 0 Å². The lowest BCUT2D eigenvalue weighted by atomic mass is 10.2. The third-order valence-electron chi connectivity index (χ3n) is 4.47. The van der Waals surface area contributed by atoms with Gasteiger partial charge in [0, 0.05) is 18.7 Å². The summed E-state index contributed by atoms with van der Waals surface area (Å²) < 4.78 is 2.28. The summed E-state index contributed by atoms with van der Waals surface area (Å²) in [7, 11) is 0. The maximum Gasteiger partial charge on any atom is 0.224 e. The Labute approximate surface area is 137 Å². The second-order valence-corrected chi connectivity index (χ2v) is 6.26. The number of benzene rings is 1. The number of nitrogens with one attached hydrogen (secondary N) is 1. The van der Waals surface area contributed by atoms with E-state index in [9.17, 15) is 4.79 Å². The fourth-order valence-electron chi connectivity index (χ4n) is 3.32. The lowest BCUT2D eigenvalue weighted by Crippen LogP contribution is -2.21. The molecule has 5 heteroatoms. The van der Waals surface area contributed by atoms with Crippen LogP contribution < -0.4 is 5.32 Å². The van der Waals surface area contributed by atoms with Gasteiger partial charge in [-0.25, -0.2) is 4.98 Å². The first-order chi connectivity index (χ1) is 11.2. The molecular formula is C18H26N4O. The molecule has 1 saturated heterocycles. The van der Waals surface area contributed by atoms with E-state index in [0.29, 0.717) is 6.42 Å². The van der Waals surface area contributed by atoms with E-state index in [-0.39, 0.29) is 5.91 Å². The number of likely N-dealkylation sites (tertiary alicyclic amines) is 1. The Morgan fingerprint density at radius 1 is 1.26 bits per heavy atom. The van der Waals surface area contributed by atoms with Crippen molar-refractivity contribution in [3.63, 3.8) is 0 Å². The van der Waals surface area contributed by atoms with Gasteiger partial charge in [-0.2, -0.15) is 0 Å². The summed E-state index contributed by atoms with van der Waals surface area (Å²) >= 11 is 0. The summed E-state index contributed by atoms with van der Waals surface area (Å²) in [5.41, 5.74) is 2.95. The molecule has 0 saturated carbocycles. The number of rotatable bonds is 6. The van der Waals surface area contributed by atoms with Crippen LogP contribution in [-0.2, 0) is 17.9 Å². The summed E-state index contributed by atoms with van der Waals surface area (Å²) in [6.45, 7) is 8.35. The molecule has 124 valence electrons. The molecule has 5 nitrogen and oxygen atoms in total. The molecule has 1 aromatic heterocycles. The zero-order valence-electron chi connectivity index (χ0n) is 14.1. The van der Waals surface area contributed by atoms with Crippen molar-refractivity contribution in [3.8, 4) is 0 Å². The molecule has 3 rings (SSSR count). The fraction of sp³-hybridized carbons (Fsp3) is 0.556. The van der Waals surface area contributed by atoms with E-state index in [1.54, 1.807) is 0 Å². The van der Waals surface area contributed by atoms with Crippen LogP contribution in [0, 0.1) is 0 Å². The number of anilines is 1. The number of hydrogen-bond acceptors (Lipinski definition) is 3. The van der Waals surface area contributed by atoms with Crippen molar-refractivity contribution >= 4 is 22.6 Å². The first kappa shape index (κ1) is 16.0. The van der Waals surface area contributed by atoms with Gasteiger partial charge >= 0.3 is 0 Å². The Balaban J connectivity index is 1.85. The van der Waals surface area contributed by atoms with E-state index in [1.165, 1.54) is 25.9 Å². The number of fused-ring (bicyclic) bond motifs is 1. The van der Waals surface area contributed by atoms with Crippen LogP contribution in [0.1, 0.15) is 45.4 Å². The summed E-state index contributed by atoms with van der Waals surface area (Å²) in [5, 5.41) is 2.96. The average Bonchev–Trinajstić information content (AvgIpc) is 3.14. The van der Waals surface area contributed by atoms with Gasteiger partial charge in [-0.3, -0.25) is 9.69 Å². The van der Waals surface area contributed by atoms with Crippen molar-refractivity contribution in [2.75, 3.05) is 18.4 Å². The smallest absolute Gasteiger partial charge is 0.224 e. The van der Waals surface area contributed by atoms with Crippen LogP contribution in [0.3, 0.4) is 0 Å². The average molecular weight is 314 g/mol. The number of carbonyl (C=O) groups is 1. The predicted octanol–water partition coefficient (Wildman–Crippen LogP) is 3.39. The molecule has 1 aromatic carbocycles. The van der Waals surface area contributed by atoms with Crippen molar-refractivity contribution in [1.29, 1.82) is 0 Å². The molecule has 2 aromatic rings. The molecule has 0 unspecified atom stereocenters. The van der Waals surface area contributed by atoms with Crippen molar-refractivity contribution in [3.05, 3.63) is 24.0 Å². The normalized spacial score (nSPS) is 15.4. The van der Waals surface area contributed by atoms with Crippen LogP contribution in [-0.4, -0.2) is 33.4 Å². The maximum atomic E-state index is 11.8. The van der Waals surface area contributed by atoms with Crippen molar-refractivity contribution in [2.45, 2.75) is 52.6 Å². The lowest BCUT2D eigenvalue weighted by Gasteiger charge is -2.14. The monoisotopic (exact) mass is 314 g/mol. The minimum absolute atomic E-state index is 0.0686. The Bertz CT molecular complexity index is 686. The highest BCUT2D eigenvalue weighted by Crippen LogP contribution is 2.22. The highest BCUT2D eigenvalue weighted by atomic mass is 16.1. The zero-order chi connectivity index (χ0) is 16.2. The molecule has 1 aliphatic heterocycles. The van der Waals surface area contributed by atoms with Crippen LogP contribution >= 0.6 is 0 Å². The predicted molar refractivity (Wildman–Crippen MR) is 93.5 cm³/mol. The molecule has 23 heavy (non-hydrogen) atoms. The summed E-state index contributed by atoms with van der Waals surface area (Å²) in [6.07, 6.45) is 4.00. The molecule has 0 spiro atoms. The van der Waals surface area contributed by atoms with Crippen molar-refractivity contribution in [2.24, 2.45) is 0 Å². The third-order valence-corrected chi connectivity index (χ3v) is 4.47. The topological polar surface area (TPSA) is 50.2 Å². The Morgan fingerprint density at radius 3 is 2.74 bits per heavy atom. The van der Waals surface area contributed by atoms with Gasteiger partial charge < -0.3 is 9.88 Å². The first-order valence-electron chi connectivity index (χ1n) is 8.72. The largest absolute Gasteiger partial charge is 0.327 e. The zero-order valence-corrected chi connectivity index (χ0v) is 14.1. The van der Waals surface area contributed by atoms with Gasteiger partial charge in [-0.05, 0) is 57.5 Å². The molecular weight excluding hydrogens is 288 g/mol. The SMILES string of the molecule is CCCC(=O)Nc1ccc2c(c1)nc(CN1CCCC1)n2CC. The summed E-state index contributed by atoms with van der Waals surface area (Å²) in [4.78, 5) is 19.1. The van der Waals surface area contributed by atoms with Crippen molar-refractivity contribution < 1.29 is 4.79 Å². The number of aryl methyl sites for hydroxylation is 1. The molecule has 0 atom stereocenters. The fourth-order valence-corrected chi connectivity index (χ4v) is 3.32. The molecule has 0 aliphatic carbocycles. The maximum absolute atomic E-state index is 11.8. The second-order valence-electron chi connectivity index (χ2n) is 6.26.